The van der Waals surface area contributed by atoms with Gasteiger partial charge in [-0.25, -0.2) is 0 Å². The highest BCUT2D eigenvalue weighted by molar-refractivity contribution is 5.61. The molecule has 6 rings (SSSR count). The maximum atomic E-state index is 11.6. The molecule has 2 heterocycles. The first-order valence-corrected chi connectivity index (χ1v) is 13.1. The van der Waals surface area contributed by atoms with Crippen molar-refractivity contribution in [1.82, 2.24) is 5.32 Å². The van der Waals surface area contributed by atoms with E-state index >= 15 is 0 Å². The topological polar surface area (TPSA) is 106 Å². The van der Waals surface area contributed by atoms with Crippen molar-refractivity contribution in [1.29, 1.82) is 0 Å². The minimum Gasteiger partial charge on any atom is -0.489 e. The van der Waals surface area contributed by atoms with Crippen LogP contribution in [0.2, 0.25) is 0 Å². The Bertz CT molecular complexity index is 1380. The van der Waals surface area contributed by atoms with Gasteiger partial charge in [-0.1, -0.05) is 36.4 Å². The largest absolute Gasteiger partial charge is 0.489 e. The molecule has 3 aromatic carbocycles. The summed E-state index contributed by atoms with van der Waals surface area (Å²) in [5.74, 6) is 0.552. The number of aliphatic hydroxyl groups excluding tert-OH is 1. The number of rotatable bonds is 8. The van der Waals surface area contributed by atoms with Crippen molar-refractivity contribution in [3.63, 3.8) is 0 Å². The lowest BCUT2D eigenvalue weighted by atomic mass is 9.84. The lowest BCUT2D eigenvalue weighted by Gasteiger charge is -2.47. The highest BCUT2D eigenvalue weighted by Crippen LogP contribution is 2.42. The number of ether oxygens (including phenoxy) is 3. The van der Waals surface area contributed by atoms with E-state index in [0.717, 1.165) is 17.8 Å². The fraction of sp³-hybridized carbons (Fsp3) is 0.333. The average Bonchev–Trinajstić information content (AvgIpc) is 3.33. The summed E-state index contributed by atoms with van der Waals surface area (Å²) < 4.78 is 17.9. The van der Waals surface area contributed by atoms with E-state index in [1.807, 2.05) is 54.6 Å². The van der Waals surface area contributed by atoms with E-state index in [1.54, 1.807) is 7.11 Å². The standard InChI is InChI=1S/C30H31N3O6/c1-37-27-15-24-25(31-29-14-21-7-5-6-10-26(21)32(29)30(24)34)16-28(27)39-18-20-11-19(12-22(13-20)33(35)36)17-38-23-8-3-2-4-9-23/h2-13,16,24,27-31,34H,14-15,17-18H2,1H3. The van der Waals surface area contributed by atoms with E-state index in [0.29, 0.717) is 23.3 Å². The van der Waals surface area contributed by atoms with E-state index in [9.17, 15) is 15.2 Å². The molecule has 3 aromatic rings. The van der Waals surface area contributed by atoms with Crippen LogP contribution in [0.4, 0.5) is 11.4 Å². The van der Waals surface area contributed by atoms with Crippen LogP contribution in [0.3, 0.4) is 0 Å². The molecule has 0 radical (unpaired) electrons. The maximum absolute atomic E-state index is 11.6. The molecule has 5 atom stereocenters. The van der Waals surface area contributed by atoms with E-state index in [1.165, 1.54) is 17.7 Å². The van der Waals surface area contributed by atoms with Crippen molar-refractivity contribution in [2.45, 2.75) is 50.7 Å². The Hall–Kier alpha value is -3.92. The van der Waals surface area contributed by atoms with Crippen LogP contribution in [-0.2, 0) is 29.1 Å². The number of anilines is 1. The Morgan fingerprint density at radius 3 is 2.56 bits per heavy atom. The van der Waals surface area contributed by atoms with Gasteiger partial charge in [0.25, 0.3) is 5.69 Å². The molecule has 0 spiro atoms. The summed E-state index contributed by atoms with van der Waals surface area (Å²) in [6.07, 6.45) is 2.04. The molecule has 0 saturated carbocycles. The molecule has 3 aliphatic rings. The van der Waals surface area contributed by atoms with Gasteiger partial charge in [0.15, 0.2) is 0 Å². The number of nitrogens with one attached hydrogen (secondary N) is 1. The quantitative estimate of drug-likeness (QED) is 0.329. The summed E-state index contributed by atoms with van der Waals surface area (Å²) in [5, 5.41) is 26.6. The van der Waals surface area contributed by atoms with Gasteiger partial charge in [0, 0.05) is 43.0 Å². The second-order valence-corrected chi connectivity index (χ2v) is 10.2. The third kappa shape index (κ3) is 5.08. The van der Waals surface area contributed by atoms with Crippen molar-refractivity contribution in [2.75, 3.05) is 12.0 Å². The van der Waals surface area contributed by atoms with Crippen LogP contribution >= 0.6 is 0 Å². The number of methoxy groups -OCH3 is 1. The predicted octanol–water partition coefficient (Wildman–Crippen LogP) is 4.29. The van der Waals surface area contributed by atoms with Crippen molar-refractivity contribution in [2.24, 2.45) is 5.92 Å². The molecule has 2 aliphatic heterocycles. The number of fused-ring (bicyclic) bond motifs is 4. The molecule has 1 aliphatic carbocycles. The van der Waals surface area contributed by atoms with Crippen LogP contribution in [0.25, 0.3) is 0 Å². The van der Waals surface area contributed by atoms with Crippen molar-refractivity contribution >= 4 is 11.4 Å². The summed E-state index contributed by atoms with van der Waals surface area (Å²) in [7, 11) is 1.64. The van der Waals surface area contributed by atoms with Crippen LogP contribution in [0.15, 0.2) is 84.6 Å². The van der Waals surface area contributed by atoms with Crippen LogP contribution in [0, 0.1) is 16.0 Å². The Balaban J connectivity index is 1.18. The molecule has 0 amide bonds. The van der Waals surface area contributed by atoms with Gasteiger partial charge in [-0.3, -0.25) is 10.1 Å². The van der Waals surface area contributed by atoms with Gasteiger partial charge in [0.05, 0.1) is 17.6 Å². The zero-order valence-corrected chi connectivity index (χ0v) is 21.6. The number of nitro benzene ring substituents is 1. The summed E-state index contributed by atoms with van der Waals surface area (Å²) in [5.41, 5.74) is 4.58. The van der Waals surface area contributed by atoms with Gasteiger partial charge >= 0.3 is 0 Å². The zero-order valence-electron chi connectivity index (χ0n) is 21.6. The van der Waals surface area contributed by atoms with Gasteiger partial charge in [-0.05, 0) is 53.5 Å². The highest BCUT2D eigenvalue weighted by atomic mass is 16.6. The number of benzene rings is 3. The first-order valence-electron chi connectivity index (χ1n) is 13.1. The van der Waals surface area contributed by atoms with Crippen LogP contribution in [0.1, 0.15) is 23.1 Å². The van der Waals surface area contributed by atoms with E-state index in [-0.39, 0.29) is 43.2 Å². The van der Waals surface area contributed by atoms with Crippen LogP contribution < -0.4 is 15.0 Å². The first kappa shape index (κ1) is 25.4. The number of hydrogen-bond acceptors (Lipinski definition) is 8. The molecule has 2 N–H and O–H groups in total. The Morgan fingerprint density at radius 1 is 1.05 bits per heavy atom. The normalized spacial score (nSPS) is 25.1. The summed E-state index contributed by atoms with van der Waals surface area (Å²) >= 11 is 0. The molecule has 39 heavy (non-hydrogen) atoms. The fourth-order valence-electron chi connectivity index (χ4n) is 5.88. The van der Waals surface area contributed by atoms with Crippen LogP contribution in [0.5, 0.6) is 5.75 Å². The number of aliphatic hydroxyl groups is 1. The molecule has 0 aromatic heterocycles. The molecule has 1 saturated heterocycles. The lowest BCUT2D eigenvalue weighted by Crippen LogP contribution is -2.60. The minimum absolute atomic E-state index is 0.00826. The molecular formula is C30H31N3O6. The third-order valence-corrected chi connectivity index (χ3v) is 7.74. The average molecular weight is 530 g/mol. The Morgan fingerprint density at radius 2 is 1.79 bits per heavy atom. The number of hydrogen-bond donors (Lipinski definition) is 2. The van der Waals surface area contributed by atoms with Gasteiger partial charge in [-0.15, -0.1) is 0 Å². The zero-order chi connectivity index (χ0) is 26.9. The first-order chi connectivity index (χ1) is 19.0. The number of non-ortho nitro benzene ring substituents is 1. The summed E-state index contributed by atoms with van der Waals surface area (Å²) in [6, 6.07) is 22.4. The molecule has 9 nitrogen and oxygen atoms in total. The molecular weight excluding hydrogens is 498 g/mol. The second kappa shape index (κ2) is 10.7. The van der Waals surface area contributed by atoms with Crippen molar-refractivity contribution < 1.29 is 24.2 Å². The third-order valence-electron chi connectivity index (χ3n) is 7.74. The molecule has 5 unspecified atom stereocenters. The highest BCUT2D eigenvalue weighted by Gasteiger charge is 2.46. The second-order valence-electron chi connectivity index (χ2n) is 10.2. The SMILES string of the molecule is COC1CC2C(=CC1OCc1cc(COc3ccccc3)cc([N+](=O)[O-])c1)NC1Cc3ccccc3N1C2O. The number of nitro groups is 1. The van der Waals surface area contributed by atoms with E-state index in [4.69, 9.17) is 14.2 Å². The fourth-order valence-corrected chi connectivity index (χ4v) is 5.88. The summed E-state index contributed by atoms with van der Waals surface area (Å²) in [6.45, 7) is 0.374. The number of para-hydroxylation sites is 2. The minimum atomic E-state index is -0.673. The Kier molecular flexibility index (Phi) is 6.95. The van der Waals surface area contributed by atoms with Crippen molar-refractivity contribution in [3.8, 4) is 5.75 Å². The molecule has 202 valence electrons. The molecule has 0 bridgehead atoms. The number of nitrogens with zero attached hydrogens (tertiary/aromatic N) is 2. The van der Waals surface area contributed by atoms with Gasteiger partial charge < -0.3 is 29.5 Å². The Labute approximate surface area is 226 Å². The summed E-state index contributed by atoms with van der Waals surface area (Å²) in [4.78, 5) is 13.3. The van der Waals surface area contributed by atoms with Crippen molar-refractivity contribution in [3.05, 3.63) is 111 Å². The van der Waals surface area contributed by atoms with Gasteiger partial charge in [-0.2, -0.15) is 0 Å². The molecule has 1 fully saturated rings. The maximum Gasteiger partial charge on any atom is 0.270 e. The van der Waals surface area contributed by atoms with E-state index in [2.05, 4.69) is 22.3 Å². The van der Waals surface area contributed by atoms with Crippen LogP contribution in [-0.4, -0.2) is 41.7 Å². The molecule has 9 heteroatoms. The van der Waals surface area contributed by atoms with Gasteiger partial charge in [0.2, 0.25) is 0 Å². The monoisotopic (exact) mass is 529 g/mol. The lowest BCUT2D eigenvalue weighted by molar-refractivity contribution is -0.385. The smallest absolute Gasteiger partial charge is 0.270 e. The predicted molar refractivity (Wildman–Crippen MR) is 145 cm³/mol. The van der Waals surface area contributed by atoms with Gasteiger partial charge in [0.1, 0.15) is 30.9 Å². The van der Waals surface area contributed by atoms with E-state index < -0.39 is 11.2 Å².